The lowest BCUT2D eigenvalue weighted by atomic mass is 9.69. The Morgan fingerprint density at radius 1 is 0.774 bits per heavy atom. The summed E-state index contributed by atoms with van der Waals surface area (Å²) in [6, 6.07) is 28.4. The molecule has 1 aromatic heterocycles. The van der Waals surface area contributed by atoms with Gasteiger partial charge in [0.25, 0.3) is 0 Å². The first-order valence-electron chi connectivity index (χ1n) is 10.4. The van der Waals surface area contributed by atoms with Crippen molar-refractivity contribution in [3.63, 3.8) is 0 Å². The van der Waals surface area contributed by atoms with Gasteiger partial charge in [-0.15, -0.1) is 0 Å². The summed E-state index contributed by atoms with van der Waals surface area (Å²) in [6.45, 7) is 4.98. The van der Waals surface area contributed by atoms with E-state index >= 15 is 0 Å². The minimum Gasteiger partial charge on any atom is -0.353 e. The number of nitrogens with one attached hydrogen (secondary N) is 1. The minimum absolute atomic E-state index is 0.282. The first kappa shape index (κ1) is 21.3. The van der Waals surface area contributed by atoms with Gasteiger partial charge >= 0.3 is 0 Å². The van der Waals surface area contributed by atoms with E-state index in [1.54, 1.807) is 12.4 Å². The van der Waals surface area contributed by atoms with Crippen LogP contribution in [0.2, 0.25) is 0 Å². The zero-order chi connectivity index (χ0) is 21.7. The van der Waals surface area contributed by atoms with Gasteiger partial charge in [-0.3, -0.25) is 0 Å². The largest absolute Gasteiger partial charge is 0.353 e. The van der Waals surface area contributed by atoms with E-state index in [9.17, 15) is 0 Å². The fourth-order valence-corrected chi connectivity index (χ4v) is 4.31. The van der Waals surface area contributed by atoms with Crippen molar-refractivity contribution in [2.75, 3.05) is 11.9 Å². The molecule has 156 valence electrons. The van der Waals surface area contributed by atoms with Gasteiger partial charge < -0.3 is 5.32 Å². The second-order valence-electron chi connectivity index (χ2n) is 8.06. The molecule has 0 aliphatic rings. The highest BCUT2D eigenvalue weighted by Gasteiger charge is 2.35. The lowest BCUT2D eigenvalue weighted by Gasteiger charge is -2.36. The lowest BCUT2D eigenvalue weighted by molar-refractivity contribution is 0.536. The van der Waals surface area contributed by atoms with E-state index < -0.39 is 0 Å². The maximum atomic E-state index is 4.44. The Balaban J connectivity index is 1.85. The predicted molar refractivity (Wildman–Crippen MR) is 132 cm³/mol. The Labute approximate surface area is 192 Å². The summed E-state index contributed by atoms with van der Waals surface area (Å²) in [4.78, 5) is 8.88. The first-order valence-corrected chi connectivity index (χ1v) is 11.2. The summed E-state index contributed by atoms with van der Waals surface area (Å²) in [6.07, 6.45) is 4.41. The van der Waals surface area contributed by atoms with Gasteiger partial charge in [0.05, 0.1) is 4.47 Å². The van der Waals surface area contributed by atoms with Crippen LogP contribution in [0.1, 0.15) is 27.8 Å². The van der Waals surface area contributed by atoms with Crippen molar-refractivity contribution in [3.8, 4) is 0 Å². The van der Waals surface area contributed by atoms with Crippen LogP contribution in [0.5, 0.6) is 0 Å². The molecule has 31 heavy (non-hydrogen) atoms. The van der Waals surface area contributed by atoms with E-state index in [0.29, 0.717) is 12.5 Å². The van der Waals surface area contributed by atoms with E-state index in [-0.39, 0.29) is 5.41 Å². The third-order valence-electron chi connectivity index (χ3n) is 5.66. The van der Waals surface area contributed by atoms with Crippen LogP contribution in [0.3, 0.4) is 0 Å². The zero-order valence-electron chi connectivity index (χ0n) is 17.8. The Bertz CT molecular complexity index is 1100. The molecule has 0 bridgehead atoms. The van der Waals surface area contributed by atoms with Crippen molar-refractivity contribution >= 4 is 21.9 Å². The highest BCUT2D eigenvalue weighted by atomic mass is 79.9. The number of aromatic nitrogens is 2. The van der Waals surface area contributed by atoms with Gasteiger partial charge in [-0.05, 0) is 52.9 Å². The van der Waals surface area contributed by atoms with Crippen molar-refractivity contribution in [2.45, 2.75) is 25.7 Å². The van der Waals surface area contributed by atoms with E-state index in [4.69, 9.17) is 0 Å². The van der Waals surface area contributed by atoms with Gasteiger partial charge in [0.1, 0.15) is 0 Å². The van der Waals surface area contributed by atoms with Gasteiger partial charge in [0, 0.05) is 24.4 Å². The summed E-state index contributed by atoms with van der Waals surface area (Å²) in [5.41, 5.74) is 6.09. The van der Waals surface area contributed by atoms with Crippen LogP contribution in [0.4, 0.5) is 5.95 Å². The number of rotatable bonds is 7. The molecule has 4 rings (SSSR count). The second kappa shape index (κ2) is 9.44. The molecule has 0 saturated heterocycles. The molecule has 0 aliphatic heterocycles. The number of hydrogen-bond acceptors (Lipinski definition) is 3. The predicted octanol–water partition coefficient (Wildman–Crippen LogP) is 6.50. The van der Waals surface area contributed by atoms with Gasteiger partial charge in [-0.25, -0.2) is 9.97 Å². The van der Waals surface area contributed by atoms with Crippen LogP contribution >= 0.6 is 15.9 Å². The third-order valence-corrected chi connectivity index (χ3v) is 6.07. The Kier molecular flexibility index (Phi) is 6.47. The summed E-state index contributed by atoms with van der Waals surface area (Å²) in [7, 11) is 0. The Hall–Kier alpha value is -2.98. The summed E-state index contributed by atoms with van der Waals surface area (Å²) in [5, 5.41) is 3.53. The van der Waals surface area contributed by atoms with Crippen LogP contribution in [-0.2, 0) is 11.8 Å². The Morgan fingerprint density at radius 2 is 1.35 bits per heavy atom. The summed E-state index contributed by atoms with van der Waals surface area (Å²) < 4.78 is 0.867. The molecular formula is C27H26BrN3. The molecule has 0 amide bonds. The number of hydrogen-bond donors (Lipinski definition) is 1. The number of aryl methyl sites for hydroxylation is 2. The zero-order valence-corrected chi connectivity index (χ0v) is 19.4. The lowest BCUT2D eigenvalue weighted by Crippen LogP contribution is -2.38. The van der Waals surface area contributed by atoms with Gasteiger partial charge in [0.2, 0.25) is 5.95 Å². The molecule has 0 fully saturated rings. The molecule has 0 atom stereocenters. The molecule has 0 saturated carbocycles. The maximum absolute atomic E-state index is 4.44. The van der Waals surface area contributed by atoms with Crippen molar-refractivity contribution in [2.24, 2.45) is 0 Å². The first-order chi connectivity index (χ1) is 15.0. The molecule has 0 unspecified atom stereocenters. The smallest absolute Gasteiger partial charge is 0.222 e. The maximum Gasteiger partial charge on any atom is 0.222 e. The van der Waals surface area contributed by atoms with Crippen LogP contribution < -0.4 is 5.32 Å². The van der Waals surface area contributed by atoms with Crippen molar-refractivity contribution < 1.29 is 0 Å². The fraction of sp³-hybridized carbons (Fsp3) is 0.185. The third kappa shape index (κ3) is 5.02. The monoisotopic (exact) mass is 471 g/mol. The quantitative estimate of drug-likeness (QED) is 0.334. The number of benzene rings is 3. The van der Waals surface area contributed by atoms with Crippen molar-refractivity contribution in [1.29, 1.82) is 0 Å². The Morgan fingerprint density at radius 3 is 1.90 bits per heavy atom. The number of halogens is 1. The van der Waals surface area contributed by atoms with Crippen LogP contribution in [0.25, 0.3) is 0 Å². The van der Waals surface area contributed by atoms with Crippen LogP contribution in [0, 0.1) is 13.8 Å². The van der Waals surface area contributed by atoms with Crippen molar-refractivity contribution in [1.82, 2.24) is 9.97 Å². The molecular weight excluding hydrogens is 446 g/mol. The molecule has 1 N–H and O–H groups in total. The minimum atomic E-state index is -0.282. The van der Waals surface area contributed by atoms with Gasteiger partial charge in [-0.2, -0.15) is 0 Å². The molecule has 1 heterocycles. The van der Waals surface area contributed by atoms with Gasteiger partial charge in [0.15, 0.2) is 0 Å². The molecule has 3 nitrogen and oxygen atoms in total. The average molecular weight is 472 g/mol. The van der Waals surface area contributed by atoms with Crippen molar-refractivity contribution in [3.05, 3.63) is 124 Å². The highest BCUT2D eigenvalue weighted by molar-refractivity contribution is 9.10. The summed E-state index contributed by atoms with van der Waals surface area (Å²) >= 11 is 3.42. The molecule has 3 aromatic carbocycles. The van der Waals surface area contributed by atoms with E-state index in [0.717, 1.165) is 10.9 Å². The molecule has 0 radical (unpaired) electrons. The average Bonchev–Trinajstić information content (AvgIpc) is 2.78. The summed E-state index contributed by atoms with van der Waals surface area (Å²) in [5.74, 6) is 0.626. The van der Waals surface area contributed by atoms with Gasteiger partial charge in [-0.1, -0.05) is 90.0 Å². The normalized spacial score (nSPS) is 11.3. The SMILES string of the molecule is Cc1cccc(C(CNc2ncc(Br)cn2)(Cc2ccccc2)c2cccc(C)c2)c1. The standard InChI is InChI=1S/C27H26BrN3/c1-20-8-6-12-23(14-20)27(16-22-10-4-3-5-11-22,24-13-7-9-21(2)15-24)19-31-26-29-17-25(28)18-30-26/h3-15,17-18H,16,19H2,1-2H3,(H,29,30,31). The molecule has 4 heteroatoms. The van der Waals surface area contributed by atoms with E-state index in [1.165, 1.54) is 27.8 Å². The second-order valence-corrected chi connectivity index (χ2v) is 8.98. The number of anilines is 1. The molecule has 0 aliphatic carbocycles. The fourth-order valence-electron chi connectivity index (χ4n) is 4.10. The van der Waals surface area contributed by atoms with Crippen LogP contribution in [0.15, 0.2) is 95.7 Å². The molecule has 0 spiro atoms. The topological polar surface area (TPSA) is 37.8 Å². The molecule has 4 aromatic rings. The highest BCUT2D eigenvalue weighted by Crippen LogP contribution is 2.37. The van der Waals surface area contributed by atoms with Crippen LogP contribution in [-0.4, -0.2) is 16.5 Å². The van der Waals surface area contributed by atoms with E-state index in [1.807, 2.05) is 0 Å². The number of nitrogens with zero attached hydrogens (tertiary/aromatic N) is 2. The van der Waals surface area contributed by atoms with E-state index in [2.05, 4.69) is 124 Å².